The number of anilines is 1. The molecular formula is C15H16ClN3OS. The average molecular weight is 322 g/mol. The minimum atomic E-state index is 0.0715. The fourth-order valence-corrected chi connectivity index (χ4v) is 3.62. The van der Waals surface area contributed by atoms with Gasteiger partial charge in [-0.25, -0.2) is 4.98 Å². The molecule has 0 spiro atoms. The van der Waals surface area contributed by atoms with Crippen molar-refractivity contribution in [2.45, 2.75) is 25.3 Å². The van der Waals surface area contributed by atoms with Crippen LogP contribution in [0.2, 0.25) is 5.02 Å². The van der Waals surface area contributed by atoms with E-state index in [-0.39, 0.29) is 11.9 Å². The van der Waals surface area contributed by atoms with Crippen molar-refractivity contribution >= 4 is 34.0 Å². The molecule has 1 unspecified atom stereocenters. The normalized spacial score (nSPS) is 18.1. The lowest BCUT2D eigenvalue weighted by atomic mass is 10.0. The number of nitrogen functional groups attached to an aromatic ring is 1. The van der Waals surface area contributed by atoms with E-state index >= 15 is 0 Å². The minimum Gasteiger partial charge on any atom is -0.375 e. The molecule has 6 heteroatoms. The van der Waals surface area contributed by atoms with Crippen LogP contribution >= 0.6 is 22.9 Å². The second-order valence-electron chi connectivity index (χ2n) is 5.12. The van der Waals surface area contributed by atoms with E-state index in [4.69, 9.17) is 17.3 Å². The number of thiazole rings is 1. The molecule has 0 aliphatic carbocycles. The van der Waals surface area contributed by atoms with Crippen LogP contribution in [0.5, 0.6) is 0 Å². The average Bonchev–Trinajstić information content (AvgIpc) is 3.08. The number of hydrogen-bond donors (Lipinski definition) is 1. The summed E-state index contributed by atoms with van der Waals surface area (Å²) >= 11 is 7.64. The van der Waals surface area contributed by atoms with Gasteiger partial charge < -0.3 is 10.6 Å². The summed E-state index contributed by atoms with van der Waals surface area (Å²) in [6.45, 7) is 0.772. The number of nitrogens with two attached hydrogens (primary N) is 1. The highest BCUT2D eigenvalue weighted by Crippen LogP contribution is 2.36. The number of likely N-dealkylation sites (tertiary alicyclic amines) is 1. The highest BCUT2D eigenvalue weighted by atomic mass is 35.5. The molecule has 1 aromatic carbocycles. The summed E-state index contributed by atoms with van der Waals surface area (Å²) < 4.78 is 0. The van der Waals surface area contributed by atoms with E-state index in [9.17, 15) is 4.79 Å². The van der Waals surface area contributed by atoms with Gasteiger partial charge in [0.15, 0.2) is 5.13 Å². The van der Waals surface area contributed by atoms with E-state index in [0.29, 0.717) is 11.6 Å². The van der Waals surface area contributed by atoms with Crippen LogP contribution in [0.15, 0.2) is 29.6 Å². The van der Waals surface area contributed by atoms with Crippen LogP contribution in [0.4, 0.5) is 5.13 Å². The van der Waals surface area contributed by atoms with Crippen LogP contribution in [0, 0.1) is 0 Å². The Morgan fingerprint density at radius 2 is 2.29 bits per heavy atom. The molecule has 21 heavy (non-hydrogen) atoms. The van der Waals surface area contributed by atoms with Gasteiger partial charge in [-0.2, -0.15) is 0 Å². The van der Waals surface area contributed by atoms with Crippen molar-refractivity contribution in [2.75, 3.05) is 12.3 Å². The molecule has 1 fully saturated rings. The van der Waals surface area contributed by atoms with Gasteiger partial charge in [-0.1, -0.05) is 29.8 Å². The van der Waals surface area contributed by atoms with E-state index in [2.05, 4.69) is 4.98 Å². The van der Waals surface area contributed by atoms with E-state index in [1.54, 1.807) is 0 Å². The van der Waals surface area contributed by atoms with Crippen molar-refractivity contribution in [1.29, 1.82) is 0 Å². The molecule has 2 heterocycles. The van der Waals surface area contributed by atoms with Gasteiger partial charge in [0.2, 0.25) is 5.91 Å². The van der Waals surface area contributed by atoms with Crippen LogP contribution in [-0.2, 0) is 11.2 Å². The van der Waals surface area contributed by atoms with Crippen molar-refractivity contribution in [3.8, 4) is 0 Å². The van der Waals surface area contributed by atoms with Crippen molar-refractivity contribution < 1.29 is 4.79 Å². The highest BCUT2D eigenvalue weighted by Gasteiger charge is 2.31. The Morgan fingerprint density at radius 1 is 1.48 bits per heavy atom. The van der Waals surface area contributed by atoms with Crippen LogP contribution < -0.4 is 5.73 Å². The lowest BCUT2D eigenvalue weighted by Gasteiger charge is -2.25. The molecule has 1 amide bonds. The predicted octanol–water partition coefficient (Wildman–Crippen LogP) is 3.28. The lowest BCUT2D eigenvalue weighted by molar-refractivity contribution is -0.131. The molecule has 4 nitrogen and oxygen atoms in total. The standard InChI is InChI=1S/C15H16ClN3OS/c16-12-5-2-1-4-11(12)13-6-3-7-19(13)14(20)8-10-9-21-15(17)18-10/h1-2,4-5,9,13H,3,6-8H2,(H2,17,18). The van der Waals surface area contributed by atoms with Gasteiger partial charge in [-0.15, -0.1) is 11.3 Å². The Bertz CT molecular complexity index is 658. The Hall–Kier alpha value is -1.59. The van der Waals surface area contributed by atoms with Crippen LogP contribution in [0.25, 0.3) is 0 Å². The number of hydrogen-bond acceptors (Lipinski definition) is 4. The molecule has 2 aromatic rings. The predicted molar refractivity (Wildman–Crippen MR) is 85.4 cm³/mol. The zero-order chi connectivity index (χ0) is 14.8. The molecule has 1 aliphatic rings. The highest BCUT2D eigenvalue weighted by molar-refractivity contribution is 7.13. The van der Waals surface area contributed by atoms with Gasteiger partial charge in [-0.3, -0.25) is 4.79 Å². The Labute approximate surface area is 132 Å². The summed E-state index contributed by atoms with van der Waals surface area (Å²) in [6, 6.07) is 7.81. The number of halogens is 1. The van der Waals surface area contributed by atoms with Crippen molar-refractivity contribution in [1.82, 2.24) is 9.88 Å². The molecule has 3 rings (SSSR count). The molecule has 1 aliphatic heterocycles. The number of nitrogens with zero attached hydrogens (tertiary/aromatic N) is 2. The summed E-state index contributed by atoms with van der Waals surface area (Å²) in [4.78, 5) is 18.6. The minimum absolute atomic E-state index is 0.0715. The van der Waals surface area contributed by atoms with Crippen LogP contribution in [0.1, 0.15) is 30.1 Å². The number of aromatic nitrogens is 1. The first-order valence-electron chi connectivity index (χ1n) is 6.89. The van der Waals surface area contributed by atoms with Gasteiger partial charge in [0.05, 0.1) is 18.2 Å². The zero-order valence-electron chi connectivity index (χ0n) is 11.5. The van der Waals surface area contributed by atoms with Gasteiger partial charge in [0.1, 0.15) is 0 Å². The van der Waals surface area contributed by atoms with E-state index in [0.717, 1.165) is 35.7 Å². The quantitative estimate of drug-likeness (QED) is 0.943. The third-order valence-corrected chi connectivity index (χ3v) is 4.81. The first-order valence-corrected chi connectivity index (χ1v) is 8.14. The largest absolute Gasteiger partial charge is 0.375 e. The zero-order valence-corrected chi connectivity index (χ0v) is 13.0. The molecule has 1 aromatic heterocycles. The van der Waals surface area contributed by atoms with Gasteiger partial charge in [0, 0.05) is 16.9 Å². The molecule has 0 saturated carbocycles. The Kier molecular flexibility index (Phi) is 4.12. The first kappa shape index (κ1) is 14.4. The molecule has 110 valence electrons. The third kappa shape index (κ3) is 3.04. The second kappa shape index (κ2) is 6.03. The maximum Gasteiger partial charge on any atom is 0.229 e. The van der Waals surface area contributed by atoms with Gasteiger partial charge >= 0.3 is 0 Å². The van der Waals surface area contributed by atoms with E-state index in [1.165, 1.54) is 11.3 Å². The summed E-state index contributed by atoms with van der Waals surface area (Å²) in [5.74, 6) is 0.0859. The number of carbonyl (C=O) groups is 1. The fourth-order valence-electron chi connectivity index (χ4n) is 2.79. The van der Waals surface area contributed by atoms with Gasteiger partial charge in [-0.05, 0) is 24.5 Å². The SMILES string of the molecule is Nc1nc(CC(=O)N2CCCC2c2ccccc2Cl)cs1. The fraction of sp³-hybridized carbons (Fsp3) is 0.333. The first-order chi connectivity index (χ1) is 10.1. The van der Waals surface area contributed by atoms with Gasteiger partial charge in [0.25, 0.3) is 0 Å². The number of rotatable bonds is 3. The number of carbonyl (C=O) groups excluding carboxylic acids is 1. The molecule has 1 atom stereocenters. The number of amides is 1. The Morgan fingerprint density at radius 3 is 3.00 bits per heavy atom. The summed E-state index contributed by atoms with van der Waals surface area (Å²) in [5, 5.41) is 3.07. The lowest BCUT2D eigenvalue weighted by Crippen LogP contribution is -2.32. The maximum atomic E-state index is 12.5. The van der Waals surface area contributed by atoms with Crippen LogP contribution in [0.3, 0.4) is 0 Å². The molecule has 1 saturated heterocycles. The maximum absolute atomic E-state index is 12.5. The molecule has 2 N–H and O–H groups in total. The van der Waals surface area contributed by atoms with Crippen molar-refractivity contribution in [3.63, 3.8) is 0 Å². The second-order valence-corrected chi connectivity index (χ2v) is 6.42. The van der Waals surface area contributed by atoms with E-state index < -0.39 is 0 Å². The smallest absolute Gasteiger partial charge is 0.229 e. The summed E-state index contributed by atoms with van der Waals surface area (Å²) in [7, 11) is 0. The summed E-state index contributed by atoms with van der Waals surface area (Å²) in [6.07, 6.45) is 2.25. The topological polar surface area (TPSA) is 59.2 Å². The number of benzene rings is 1. The molecule has 0 bridgehead atoms. The Balaban J connectivity index is 1.77. The molecule has 0 radical (unpaired) electrons. The molecular weight excluding hydrogens is 306 g/mol. The third-order valence-electron chi connectivity index (χ3n) is 3.74. The van der Waals surface area contributed by atoms with Crippen molar-refractivity contribution in [2.24, 2.45) is 0 Å². The van der Waals surface area contributed by atoms with Crippen molar-refractivity contribution in [3.05, 3.63) is 45.9 Å². The summed E-state index contributed by atoms with van der Waals surface area (Å²) in [5.41, 5.74) is 7.38. The van der Waals surface area contributed by atoms with Crippen LogP contribution in [-0.4, -0.2) is 22.3 Å². The van der Waals surface area contributed by atoms with E-state index in [1.807, 2.05) is 34.5 Å². The monoisotopic (exact) mass is 321 g/mol.